The van der Waals surface area contributed by atoms with Gasteiger partial charge in [-0.3, -0.25) is 5.43 Å². The molecule has 24 heavy (non-hydrogen) atoms. The van der Waals surface area contributed by atoms with Gasteiger partial charge in [-0.05, 0) is 38.8 Å². The smallest absolute Gasteiger partial charge is 0.335 e. The third-order valence-corrected chi connectivity index (χ3v) is 4.99. The summed E-state index contributed by atoms with van der Waals surface area (Å²) in [5.41, 5.74) is 7.51. The van der Waals surface area contributed by atoms with E-state index in [0.29, 0.717) is 6.42 Å². The average Bonchev–Trinajstić information content (AvgIpc) is 2.86. The Morgan fingerprint density at radius 2 is 1.88 bits per heavy atom. The molecule has 2 heterocycles. The maximum absolute atomic E-state index is 12.1. The minimum Gasteiger partial charge on any atom is -0.479 e. The molecule has 0 radical (unpaired) electrons. The number of rotatable bonds is 4. The van der Waals surface area contributed by atoms with Gasteiger partial charge in [0.2, 0.25) is 0 Å². The number of aromatic nitrogens is 1. The van der Waals surface area contributed by atoms with Crippen LogP contribution in [0.2, 0.25) is 0 Å². The Hall–Kier alpha value is -2.56. The van der Waals surface area contributed by atoms with Gasteiger partial charge >= 0.3 is 5.97 Å². The van der Waals surface area contributed by atoms with E-state index in [1.807, 2.05) is 58.0 Å². The largest absolute Gasteiger partial charge is 0.479 e. The van der Waals surface area contributed by atoms with Crippen molar-refractivity contribution < 1.29 is 9.90 Å². The highest BCUT2D eigenvalue weighted by Crippen LogP contribution is 2.39. The maximum atomic E-state index is 12.1. The van der Waals surface area contributed by atoms with Crippen LogP contribution in [0.5, 0.6) is 0 Å². The Morgan fingerprint density at radius 1 is 1.21 bits per heavy atom. The highest BCUT2D eigenvalue weighted by atomic mass is 16.4. The summed E-state index contributed by atoms with van der Waals surface area (Å²) in [7, 11) is 0. The first kappa shape index (κ1) is 16.3. The minimum atomic E-state index is -1.18. The molecule has 1 aliphatic heterocycles. The highest BCUT2D eigenvalue weighted by molar-refractivity contribution is 6.06. The van der Waals surface area contributed by atoms with Gasteiger partial charge in [-0.2, -0.15) is 5.10 Å². The van der Waals surface area contributed by atoms with Crippen LogP contribution < -0.4 is 5.43 Å². The van der Waals surface area contributed by atoms with Crippen LogP contribution >= 0.6 is 0 Å². The van der Waals surface area contributed by atoms with E-state index in [-0.39, 0.29) is 0 Å². The molecular weight excluding hydrogens is 302 g/mol. The summed E-state index contributed by atoms with van der Waals surface area (Å²) < 4.78 is 2.14. The van der Waals surface area contributed by atoms with E-state index in [9.17, 15) is 9.90 Å². The van der Waals surface area contributed by atoms with E-state index in [1.165, 1.54) is 0 Å². The van der Waals surface area contributed by atoms with E-state index < -0.39 is 11.5 Å². The van der Waals surface area contributed by atoms with Gasteiger partial charge in [-0.15, -0.1) is 0 Å². The Kier molecular flexibility index (Phi) is 3.95. The van der Waals surface area contributed by atoms with Crippen LogP contribution in [0, 0.1) is 13.8 Å². The first-order valence-corrected chi connectivity index (χ1v) is 8.33. The molecule has 5 nitrogen and oxygen atoms in total. The quantitative estimate of drug-likeness (QED) is 0.904. The predicted molar refractivity (Wildman–Crippen MR) is 94.8 cm³/mol. The van der Waals surface area contributed by atoms with Crippen molar-refractivity contribution in [1.29, 1.82) is 0 Å². The summed E-state index contributed by atoms with van der Waals surface area (Å²) in [6.07, 6.45) is 1.17. The molecule has 0 amide bonds. The molecule has 3 rings (SSSR count). The molecule has 0 saturated heterocycles. The lowest BCUT2D eigenvalue weighted by Crippen LogP contribution is -2.50. The van der Waals surface area contributed by atoms with Crippen molar-refractivity contribution in [1.82, 2.24) is 9.99 Å². The van der Waals surface area contributed by atoms with Crippen molar-refractivity contribution in [2.24, 2.45) is 5.10 Å². The molecule has 5 heteroatoms. The number of hydrazone groups is 1. The summed E-state index contributed by atoms with van der Waals surface area (Å²) in [4.78, 5) is 12.1. The number of carboxylic acid groups (broad SMARTS) is 1. The Morgan fingerprint density at radius 3 is 2.42 bits per heavy atom. The van der Waals surface area contributed by atoms with Crippen molar-refractivity contribution in [3.05, 3.63) is 52.8 Å². The van der Waals surface area contributed by atoms with Gasteiger partial charge < -0.3 is 9.67 Å². The number of carboxylic acids is 1. The monoisotopic (exact) mass is 325 g/mol. The van der Waals surface area contributed by atoms with Gasteiger partial charge in [-0.25, -0.2) is 4.79 Å². The van der Waals surface area contributed by atoms with Crippen molar-refractivity contribution in [3.8, 4) is 5.69 Å². The number of hydrogen-bond acceptors (Lipinski definition) is 3. The third-order valence-electron chi connectivity index (χ3n) is 4.99. The molecule has 126 valence electrons. The number of nitrogens with one attached hydrogen (secondary N) is 1. The van der Waals surface area contributed by atoms with Crippen LogP contribution in [0.4, 0.5) is 0 Å². The average molecular weight is 325 g/mol. The fourth-order valence-corrected chi connectivity index (χ4v) is 3.77. The maximum Gasteiger partial charge on any atom is 0.335 e. The molecule has 1 aromatic carbocycles. The summed E-state index contributed by atoms with van der Waals surface area (Å²) in [5.74, 6) is -0.890. The molecule has 0 fully saturated rings. The Bertz CT molecular complexity index is 821. The van der Waals surface area contributed by atoms with Crippen molar-refractivity contribution in [2.75, 3.05) is 0 Å². The van der Waals surface area contributed by atoms with E-state index in [2.05, 4.69) is 15.1 Å². The number of carbonyl (C=O) groups is 1. The normalized spacial score (nSPS) is 19.4. The Balaban J connectivity index is 2.38. The van der Waals surface area contributed by atoms with Gasteiger partial charge in [-0.1, -0.05) is 32.0 Å². The molecule has 1 atom stereocenters. The molecule has 2 aromatic rings. The van der Waals surface area contributed by atoms with Crippen LogP contribution in [-0.4, -0.2) is 21.4 Å². The summed E-state index contributed by atoms with van der Waals surface area (Å²) >= 11 is 0. The molecule has 2 N–H and O–H groups in total. The van der Waals surface area contributed by atoms with Crippen LogP contribution in [0.15, 0.2) is 35.4 Å². The first-order valence-electron chi connectivity index (χ1n) is 8.33. The van der Waals surface area contributed by atoms with Gasteiger partial charge in [0.25, 0.3) is 0 Å². The summed E-state index contributed by atoms with van der Waals surface area (Å²) in [5, 5.41) is 14.4. The molecule has 1 aromatic heterocycles. The van der Waals surface area contributed by atoms with Crippen LogP contribution in [0.25, 0.3) is 5.69 Å². The second kappa shape index (κ2) is 5.82. The van der Waals surface area contributed by atoms with Crippen LogP contribution in [0.1, 0.15) is 49.2 Å². The molecular formula is C19H23N3O2. The molecule has 0 aliphatic carbocycles. The lowest BCUT2D eigenvalue weighted by Gasteiger charge is -2.33. The second-order valence-corrected chi connectivity index (χ2v) is 6.18. The van der Waals surface area contributed by atoms with E-state index in [0.717, 1.165) is 40.3 Å². The summed E-state index contributed by atoms with van der Waals surface area (Å²) in [6.45, 7) is 7.95. The molecule has 1 unspecified atom stereocenters. The number of nitrogens with zero attached hydrogens (tertiary/aromatic N) is 2. The van der Waals surface area contributed by atoms with Crippen molar-refractivity contribution >= 4 is 11.7 Å². The zero-order chi connectivity index (χ0) is 17.5. The van der Waals surface area contributed by atoms with Gasteiger partial charge in [0, 0.05) is 28.2 Å². The SMILES string of the molecule is CCC1=NNC(CC)(C(=O)O)c2c1c(C)n(-c1ccccc1)c2C. The topological polar surface area (TPSA) is 66.6 Å². The predicted octanol–water partition coefficient (Wildman–Crippen LogP) is 3.50. The fraction of sp³-hybridized carbons (Fsp3) is 0.368. The van der Waals surface area contributed by atoms with Crippen molar-refractivity contribution in [3.63, 3.8) is 0 Å². The van der Waals surface area contributed by atoms with Gasteiger partial charge in [0.05, 0.1) is 5.71 Å². The standard InChI is InChI=1S/C19H23N3O2/c1-5-15-16-12(3)22(14-10-8-7-9-11-14)13(4)17(16)19(6-2,18(23)24)21-20-15/h7-11,21H,5-6H2,1-4H3,(H,23,24). The number of aliphatic carboxylic acids is 1. The fourth-order valence-electron chi connectivity index (χ4n) is 3.77. The number of benzene rings is 1. The Labute approximate surface area is 142 Å². The van der Waals surface area contributed by atoms with Crippen molar-refractivity contribution in [2.45, 2.75) is 46.1 Å². The lowest BCUT2D eigenvalue weighted by atomic mass is 9.82. The number of fused-ring (bicyclic) bond motifs is 1. The third kappa shape index (κ3) is 2.08. The van der Waals surface area contributed by atoms with Crippen LogP contribution in [0.3, 0.4) is 0 Å². The van der Waals surface area contributed by atoms with E-state index in [1.54, 1.807) is 0 Å². The molecule has 1 aliphatic rings. The highest BCUT2D eigenvalue weighted by Gasteiger charge is 2.46. The second-order valence-electron chi connectivity index (χ2n) is 6.18. The molecule has 0 spiro atoms. The lowest BCUT2D eigenvalue weighted by molar-refractivity contribution is -0.145. The number of hydrogen-bond donors (Lipinski definition) is 2. The zero-order valence-corrected chi connectivity index (χ0v) is 14.6. The molecule has 0 bridgehead atoms. The number of para-hydroxylation sites is 1. The van der Waals surface area contributed by atoms with Gasteiger partial charge in [0.15, 0.2) is 5.54 Å². The minimum absolute atomic E-state index is 0.426. The van der Waals surface area contributed by atoms with Gasteiger partial charge in [0.1, 0.15) is 0 Å². The zero-order valence-electron chi connectivity index (χ0n) is 14.6. The van der Waals surface area contributed by atoms with E-state index in [4.69, 9.17) is 0 Å². The van der Waals surface area contributed by atoms with E-state index >= 15 is 0 Å². The molecule has 0 saturated carbocycles. The first-order chi connectivity index (χ1) is 11.5. The van der Waals surface area contributed by atoms with Crippen LogP contribution in [-0.2, 0) is 10.3 Å². The summed E-state index contributed by atoms with van der Waals surface area (Å²) in [6, 6.07) is 10.0.